The predicted octanol–water partition coefficient (Wildman–Crippen LogP) is 5.01. The fraction of sp³-hybridized carbons (Fsp3) is 0.0667. The third kappa shape index (κ3) is 2.62. The minimum absolute atomic E-state index is 0.0885. The molecule has 0 aliphatic carbocycles. The number of hydrogen-bond acceptors (Lipinski definition) is 2. The third-order valence-corrected chi connectivity index (χ3v) is 5.48. The number of fused-ring (bicyclic) bond motifs is 1. The zero-order valence-corrected chi connectivity index (χ0v) is 12.8. The Hall–Kier alpha value is -1.29. The van der Waals surface area contributed by atoms with Crippen molar-refractivity contribution in [2.24, 2.45) is 4.99 Å². The molecule has 3 rings (SSSR count). The smallest absolute Gasteiger partial charge is 0.208 e. The summed E-state index contributed by atoms with van der Waals surface area (Å²) < 4.78 is 0. The highest BCUT2D eigenvalue weighted by Gasteiger charge is 2.24. The van der Waals surface area contributed by atoms with Gasteiger partial charge in [0.1, 0.15) is 0 Å². The lowest BCUT2D eigenvalue weighted by molar-refractivity contribution is 0.108. The number of carbonyl (C=O) groups excluding carboxylic acids is 1. The number of rotatable bonds is 2. The zero-order chi connectivity index (χ0) is 14.1. The number of thiol groups is 1. The van der Waals surface area contributed by atoms with Crippen molar-refractivity contribution in [3.05, 3.63) is 63.6 Å². The van der Waals surface area contributed by atoms with E-state index in [4.69, 9.17) is 23.2 Å². The van der Waals surface area contributed by atoms with Crippen molar-refractivity contribution in [2.45, 2.75) is 5.75 Å². The first-order valence-electron chi connectivity index (χ1n) is 6.03. The number of hydrogen-bond donors (Lipinski definition) is 1. The van der Waals surface area contributed by atoms with E-state index in [9.17, 15) is 4.79 Å². The Morgan fingerprint density at radius 2 is 1.80 bits per heavy atom. The molecule has 0 spiro atoms. The van der Waals surface area contributed by atoms with Crippen LogP contribution >= 0.6 is 34.1 Å². The van der Waals surface area contributed by atoms with Crippen molar-refractivity contribution in [3.63, 3.8) is 0 Å². The van der Waals surface area contributed by atoms with Crippen LogP contribution in [0.3, 0.4) is 0 Å². The molecule has 1 atom stereocenters. The second kappa shape index (κ2) is 5.60. The first kappa shape index (κ1) is 13.7. The molecular weight excluding hydrogens is 313 g/mol. The molecule has 2 aromatic carbocycles. The lowest BCUT2D eigenvalue weighted by Gasteiger charge is -2.21. The lowest BCUT2D eigenvalue weighted by Crippen LogP contribution is -2.08. The normalized spacial score (nSPS) is 18.9. The van der Waals surface area contributed by atoms with E-state index in [0.717, 1.165) is 5.56 Å². The first-order valence-corrected chi connectivity index (χ1v) is 8.38. The number of halogens is 2. The van der Waals surface area contributed by atoms with Crippen molar-refractivity contribution >= 4 is 50.4 Å². The summed E-state index contributed by atoms with van der Waals surface area (Å²) in [7, 11) is -0.980. The molecule has 102 valence electrons. The molecule has 1 aliphatic heterocycles. The van der Waals surface area contributed by atoms with Gasteiger partial charge in [0.15, 0.2) is 0 Å². The summed E-state index contributed by atoms with van der Waals surface area (Å²) >= 11 is 12.0. The van der Waals surface area contributed by atoms with E-state index in [1.807, 2.05) is 30.3 Å². The Kier molecular flexibility index (Phi) is 3.83. The molecule has 1 aliphatic rings. The van der Waals surface area contributed by atoms with E-state index in [1.54, 1.807) is 17.7 Å². The average Bonchev–Trinajstić information content (AvgIpc) is 2.44. The van der Waals surface area contributed by atoms with Gasteiger partial charge in [-0.1, -0.05) is 41.4 Å². The second-order valence-electron chi connectivity index (χ2n) is 4.44. The SMILES string of the molecule is O=C1c2c(Cl)cccc2N=C[SH]1Cc1ccc(Cl)cc1. The van der Waals surface area contributed by atoms with Crippen LogP contribution in [0, 0.1) is 0 Å². The fourth-order valence-electron chi connectivity index (χ4n) is 2.06. The van der Waals surface area contributed by atoms with Gasteiger partial charge in [-0.05, 0) is 29.8 Å². The molecule has 0 amide bonds. The van der Waals surface area contributed by atoms with Gasteiger partial charge in [-0.25, -0.2) is 0 Å². The molecule has 1 unspecified atom stereocenters. The van der Waals surface area contributed by atoms with Gasteiger partial charge in [-0.15, -0.1) is 10.9 Å². The monoisotopic (exact) mass is 323 g/mol. The van der Waals surface area contributed by atoms with Crippen LogP contribution < -0.4 is 0 Å². The Balaban J connectivity index is 1.89. The quantitative estimate of drug-likeness (QED) is 0.773. The van der Waals surface area contributed by atoms with Gasteiger partial charge in [0.05, 0.1) is 16.3 Å². The summed E-state index contributed by atoms with van der Waals surface area (Å²) in [6.45, 7) is 0. The van der Waals surface area contributed by atoms with Crippen LogP contribution in [-0.4, -0.2) is 10.7 Å². The first-order chi connectivity index (χ1) is 9.65. The molecule has 20 heavy (non-hydrogen) atoms. The van der Waals surface area contributed by atoms with Gasteiger partial charge >= 0.3 is 0 Å². The molecule has 0 fully saturated rings. The molecule has 5 heteroatoms. The minimum Gasteiger partial charge on any atom is -0.283 e. The van der Waals surface area contributed by atoms with Crippen molar-refractivity contribution in [1.29, 1.82) is 0 Å². The summed E-state index contributed by atoms with van der Waals surface area (Å²) in [5, 5.41) is 1.26. The van der Waals surface area contributed by atoms with Gasteiger partial charge in [0.2, 0.25) is 5.12 Å². The molecule has 0 saturated carbocycles. The minimum atomic E-state index is -0.980. The van der Waals surface area contributed by atoms with Crippen LogP contribution in [0.5, 0.6) is 0 Å². The van der Waals surface area contributed by atoms with Crippen molar-refractivity contribution in [1.82, 2.24) is 0 Å². The van der Waals surface area contributed by atoms with E-state index >= 15 is 0 Å². The predicted molar refractivity (Wildman–Crippen MR) is 88.1 cm³/mol. The van der Waals surface area contributed by atoms with E-state index in [-0.39, 0.29) is 5.12 Å². The van der Waals surface area contributed by atoms with Crippen LogP contribution in [-0.2, 0) is 5.75 Å². The van der Waals surface area contributed by atoms with Gasteiger partial charge in [-0.3, -0.25) is 9.79 Å². The van der Waals surface area contributed by atoms with Crippen LogP contribution in [0.2, 0.25) is 10.0 Å². The largest absolute Gasteiger partial charge is 0.283 e. The Bertz CT molecular complexity index is 698. The molecule has 0 aromatic heterocycles. The maximum Gasteiger partial charge on any atom is 0.208 e. The molecule has 0 radical (unpaired) electrons. The number of aliphatic imine (C=N–C) groups is 1. The van der Waals surface area contributed by atoms with Crippen LogP contribution in [0.4, 0.5) is 5.69 Å². The van der Waals surface area contributed by atoms with Crippen LogP contribution in [0.25, 0.3) is 0 Å². The van der Waals surface area contributed by atoms with Crippen molar-refractivity contribution in [3.8, 4) is 0 Å². The number of nitrogens with zero attached hydrogens (tertiary/aromatic N) is 1. The summed E-state index contributed by atoms with van der Waals surface area (Å²) in [4.78, 5) is 16.9. The Labute approximate surface area is 129 Å². The molecule has 0 saturated heterocycles. The molecular formula is C15H11Cl2NOS. The molecule has 0 bridgehead atoms. The summed E-state index contributed by atoms with van der Waals surface area (Å²) in [5.74, 6) is 0.666. The topological polar surface area (TPSA) is 29.4 Å². The van der Waals surface area contributed by atoms with E-state index < -0.39 is 10.9 Å². The van der Waals surface area contributed by atoms with Gasteiger partial charge < -0.3 is 0 Å². The highest BCUT2D eigenvalue weighted by molar-refractivity contribution is 8.39. The number of carbonyl (C=O) groups is 1. The van der Waals surface area contributed by atoms with Crippen molar-refractivity contribution < 1.29 is 4.79 Å². The fourth-order valence-corrected chi connectivity index (χ4v) is 4.23. The van der Waals surface area contributed by atoms with Gasteiger partial charge in [0.25, 0.3) is 0 Å². The maximum absolute atomic E-state index is 12.5. The van der Waals surface area contributed by atoms with E-state index in [2.05, 4.69) is 4.99 Å². The highest BCUT2D eigenvalue weighted by Crippen LogP contribution is 2.42. The van der Waals surface area contributed by atoms with Crippen LogP contribution in [0.1, 0.15) is 15.9 Å². The molecule has 1 heterocycles. The third-order valence-electron chi connectivity index (χ3n) is 3.07. The van der Waals surface area contributed by atoms with Gasteiger partial charge in [-0.2, -0.15) is 0 Å². The van der Waals surface area contributed by atoms with Crippen molar-refractivity contribution in [2.75, 3.05) is 0 Å². The zero-order valence-electron chi connectivity index (χ0n) is 10.4. The highest BCUT2D eigenvalue weighted by atomic mass is 35.5. The standard InChI is InChI=1S/C15H11Cl2NOS/c16-11-6-4-10(5-7-11)8-20-9-18-13-3-1-2-12(17)14(13)15(20)19/h1-7,9,20H,8H2. The summed E-state index contributed by atoms with van der Waals surface area (Å²) in [5.41, 5.74) is 4.07. The molecule has 2 aromatic rings. The molecule has 0 N–H and O–H groups in total. The van der Waals surface area contributed by atoms with E-state index in [1.165, 1.54) is 0 Å². The average molecular weight is 324 g/mol. The Morgan fingerprint density at radius 3 is 2.55 bits per heavy atom. The summed E-state index contributed by atoms with van der Waals surface area (Å²) in [6.07, 6.45) is 0. The number of benzene rings is 2. The maximum atomic E-state index is 12.5. The van der Waals surface area contributed by atoms with Crippen LogP contribution in [0.15, 0.2) is 47.5 Å². The summed E-state index contributed by atoms with van der Waals surface area (Å²) in [6, 6.07) is 12.9. The second-order valence-corrected chi connectivity index (χ2v) is 7.17. The van der Waals surface area contributed by atoms with E-state index in [0.29, 0.717) is 27.0 Å². The van der Waals surface area contributed by atoms with Gasteiger partial charge in [0, 0.05) is 16.3 Å². The molecule has 2 nitrogen and oxygen atoms in total. The Morgan fingerprint density at radius 1 is 1.05 bits per heavy atom. The lowest BCUT2D eigenvalue weighted by atomic mass is 10.2.